The molecular formula is C18H11F4N3O3. The van der Waals surface area contributed by atoms with Crippen LogP contribution in [0, 0.1) is 23.3 Å². The Balaban J connectivity index is 2.04. The number of ether oxygens (including phenoxy) is 1. The van der Waals surface area contributed by atoms with Crippen molar-refractivity contribution >= 4 is 11.6 Å². The first-order valence-corrected chi connectivity index (χ1v) is 7.69. The van der Waals surface area contributed by atoms with E-state index in [0.717, 1.165) is 41.1 Å². The van der Waals surface area contributed by atoms with Gasteiger partial charge in [-0.3, -0.25) is 9.59 Å². The summed E-state index contributed by atoms with van der Waals surface area (Å²) in [4.78, 5) is 24.5. The molecule has 3 rings (SSSR count). The lowest BCUT2D eigenvalue weighted by Gasteiger charge is -2.13. The van der Waals surface area contributed by atoms with Gasteiger partial charge in [0.05, 0.1) is 18.9 Å². The molecule has 0 saturated carbocycles. The summed E-state index contributed by atoms with van der Waals surface area (Å²) in [5.41, 5.74) is -1.78. The zero-order valence-electron chi connectivity index (χ0n) is 14.2. The number of hydrogen-bond acceptors (Lipinski definition) is 4. The Morgan fingerprint density at radius 2 is 1.68 bits per heavy atom. The normalized spacial score (nSPS) is 10.6. The number of anilines is 1. The summed E-state index contributed by atoms with van der Waals surface area (Å²) in [5, 5.41) is 5.96. The number of aromatic nitrogens is 2. The van der Waals surface area contributed by atoms with Gasteiger partial charge in [-0.15, -0.1) is 0 Å². The van der Waals surface area contributed by atoms with Crippen molar-refractivity contribution in [1.29, 1.82) is 0 Å². The van der Waals surface area contributed by atoms with Crippen LogP contribution in [0.4, 0.5) is 23.2 Å². The Labute approximate surface area is 155 Å². The highest BCUT2D eigenvalue weighted by Crippen LogP contribution is 2.18. The topological polar surface area (TPSA) is 73.2 Å². The molecule has 6 nitrogen and oxygen atoms in total. The third-order valence-electron chi connectivity index (χ3n) is 3.59. The molecule has 0 spiro atoms. The summed E-state index contributed by atoms with van der Waals surface area (Å²) in [6.07, 6.45) is 0. The molecule has 0 aliphatic heterocycles. The van der Waals surface area contributed by atoms with Gasteiger partial charge in [0, 0.05) is 17.8 Å². The predicted molar refractivity (Wildman–Crippen MR) is 90.6 cm³/mol. The summed E-state index contributed by atoms with van der Waals surface area (Å²) < 4.78 is 59.1. The van der Waals surface area contributed by atoms with Gasteiger partial charge in [-0.1, -0.05) is 0 Å². The second-order valence-corrected chi connectivity index (χ2v) is 5.52. The molecule has 0 bridgehead atoms. The van der Waals surface area contributed by atoms with Gasteiger partial charge in [-0.2, -0.15) is 5.10 Å². The molecule has 10 heteroatoms. The fourth-order valence-corrected chi connectivity index (χ4v) is 2.36. The summed E-state index contributed by atoms with van der Waals surface area (Å²) >= 11 is 0. The first kappa shape index (κ1) is 19.1. The fraction of sp³-hybridized carbons (Fsp3) is 0.0556. The molecule has 0 unspecified atom stereocenters. The molecule has 0 fully saturated rings. The van der Waals surface area contributed by atoms with E-state index >= 15 is 0 Å². The number of carbonyl (C=O) groups is 1. The van der Waals surface area contributed by atoms with Crippen LogP contribution in [0.1, 0.15) is 10.5 Å². The van der Waals surface area contributed by atoms with Gasteiger partial charge in [0.1, 0.15) is 11.6 Å². The molecule has 1 N–H and O–H groups in total. The molecule has 3 aromatic rings. The molecule has 1 aromatic heterocycles. The van der Waals surface area contributed by atoms with E-state index in [2.05, 4.69) is 10.4 Å². The Bertz CT molecular complexity index is 1110. The number of amides is 1. The van der Waals surface area contributed by atoms with Crippen molar-refractivity contribution in [2.75, 3.05) is 12.4 Å². The van der Waals surface area contributed by atoms with Crippen LogP contribution in [0.3, 0.4) is 0 Å². The lowest BCUT2D eigenvalue weighted by Crippen LogP contribution is -2.26. The molecular weight excluding hydrogens is 382 g/mol. The quantitative estimate of drug-likeness (QED) is 0.692. The van der Waals surface area contributed by atoms with Crippen molar-refractivity contribution in [3.8, 4) is 11.6 Å². The highest BCUT2D eigenvalue weighted by Gasteiger charge is 2.18. The lowest BCUT2D eigenvalue weighted by atomic mass is 10.2. The summed E-state index contributed by atoms with van der Waals surface area (Å²) in [7, 11) is 1.21. The average Bonchev–Trinajstić information content (AvgIpc) is 2.62. The Hall–Kier alpha value is -3.69. The van der Waals surface area contributed by atoms with E-state index in [4.69, 9.17) is 4.74 Å². The molecule has 0 saturated heterocycles. The number of hydrogen-bond donors (Lipinski definition) is 1. The van der Waals surface area contributed by atoms with E-state index in [9.17, 15) is 27.2 Å². The molecule has 1 heterocycles. The number of nitrogens with zero attached hydrogens (tertiary/aromatic N) is 2. The lowest BCUT2D eigenvalue weighted by molar-refractivity contribution is 0.101. The number of carbonyl (C=O) groups excluding carboxylic acids is 1. The Kier molecular flexibility index (Phi) is 5.12. The highest BCUT2D eigenvalue weighted by atomic mass is 19.2. The van der Waals surface area contributed by atoms with Crippen LogP contribution >= 0.6 is 0 Å². The number of halogens is 4. The monoisotopic (exact) mass is 393 g/mol. The minimum absolute atomic E-state index is 0.0263. The third-order valence-corrected chi connectivity index (χ3v) is 3.59. The maximum absolute atomic E-state index is 13.5. The average molecular weight is 393 g/mol. The van der Waals surface area contributed by atoms with Crippen molar-refractivity contribution in [3.63, 3.8) is 0 Å². The van der Waals surface area contributed by atoms with E-state index in [1.807, 2.05) is 0 Å². The van der Waals surface area contributed by atoms with Crippen LogP contribution in [0.25, 0.3) is 5.69 Å². The summed E-state index contributed by atoms with van der Waals surface area (Å²) in [6.45, 7) is 0. The number of methoxy groups -OCH3 is 1. The van der Waals surface area contributed by atoms with E-state index in [1.165, 1.54) is 7.11 Å². The fourth-order valence-electron chi connectivity index (χ4n) is 2.36. The van der Waals surface area contributed by atoms with E-state index in [0.29, 0.717) is 6.07 Å². The first-order chi connectivity index (χ1) is 13.3. The van der Waals surface area contributed by atoms with Crippen LogP contribution in [-0.4, -0.2) is 22.8 Å². The summed E-state index contributed by atoms with van der Waals surface area (Å²) in [5.74, 6) is -5.36. The minimum Gasteiger partial charge on any atom is -0.481 e. The van der Waals surface area contributed by atoms with Crippen LogP contribution in [0.15, 0.2) is 47.3 Å². The van der Waals surface area contributed by atoms with Crippen LogP contribution in [-0.2, 0) is 0 Å². The van der Waals surface area contributed by atoms with Gasteiger partial charge in [0.25, 0.3) is 5.91 Å². The number of rotatable bonds is 4. The van der Waals surface area contributed by atoms with Gasteiger partial charge in [-0.05, 0) is 24.3 Å². The molecule has 0 aliphatic carbocycles. The largest absolute Gasteiger partial charge is 0.481 e. The van der Waals surface area contributed by atoms with Crippen molar-refractivity contribution in [3.05, 3.63) is 81.7 Å². The number of benzene rings is 2. The molecule has 28 heavy (non-hydrogen) atoms. The maximum Gasteiger partial charge on any atom is 0.280 e. The van der Waals surface area contributed by atoms with Gasteiger partial charge < -0.3 is 10.1 Å². The van der Waals surface area contributed by atoms with Crippen molar-refractivity contribution in [2.24, 2.45) is 0 Å². The molecule has 0 radical (unpaired) electrons. The second-order valence-electron chi connectivity index (χ2n) is 5.52. The number of nitrogens with one attached hydrogen (secondary N) is 1. The SMILES string of the molecule is COc1cc(=O)c(C(=O)Nc2cc(F)cc(F)c2)nn1-c1ccc(F)c(F)c1. The van der Waals surface area contributed by atoms with E-state index in [-0.39, 0.29) is 17.3 Å². The van der Waals surface area contributed by atoms with Gasteiger partial charge >= 0.3 is 0 Å². The predicted octanol–water partition coefficient (Wildman–Crippen LogP) is 3.05. The summed E-state index contributed by atoms with van der Waals surface area (Å²) in [6, 6.07) is 5.99. The van der Waals surface area contributed by atoms with Crippen LogP contribution in [0.2, 0.25) is 0 Å². The van der Waals surface area contributed by atoms with Crippen molar-refractivity contribution in [1.82, 2.24) is 9.78 Å². The molecule has 1 amide bonds. The standard InChI is InChI=1S/C18H11F4N3O3/c1-28-16-8-15(26)17(18(27)23-11-5-9(19)4-10(20)6-11)24-25(16)12-2-3-13(21)14(22)7-12/h2-8H,1H3,(H,23,27). The van der Waals surface area contributed by atoms with Crippen molar-refractivity contribution < 1.29 is 27.1 Å². The smallest absolute Gasteiger partial charge is 0.280 e. The second kappa shape index (κ2) is 7.51. The minimum atomic E-state index is -1.18. The van der Waals surface area contributed by atoms with E-state index in [1.54, 1.807) is 0 Å². The Morgan fingerprint density at radius 1 is 1.00 bits per heavy atom. The molecule has 144 valence electrons. The van der Waals surface area contributed by atoms with Crippen molar-refractivity contribution in [2.45, 2.75) is 0 Å². The van der Waals surface area contributed by atoms with E-state index < -0.39 is 40.3 Å². The molecule has 0 aliphatic rings. The molecule has 2 aromatic carbocycles. The zero-order valence-corrected chi connectivity index (χ0v) is 14.2. The van der Waals surface area contributed by atoms with Gasteiger partial charge in [-0.25, -0.2) is 22.2 Å². The van der Waals surface area contributed by atoms with Gasteiger partial charge in [0.2, 0.25) is 11.3 Å². The van der Waals surface area contributed by atoms with Gasteiger partial charge in [0.15, 0.2) is 17.3 Å². The molecule has 0 atom stereocenters. The maximum atomic E-state index is 13.5. The van der Waals surface area contributed by atoms with Crippen LogP contribution < -0.4 is 15.5 Å². The van der Waals surface area contributed by atoms with Crippen LogP contribution in [0.5, 0.6) is 5.88 Å². The third kappa shape index (κ3) is 3.85. The highest BCUT2D eigenvalue weighted by molar-refractivity contribution is 6.02. The Morgan fingerprint density at radius 3 is 2.29 bits per heavy atom. The zero-order chi connectivity index (χ0) is 20.4. The first-order valence-electron chi connectivity index (χ1n) is 7.69.